The van der Waals surface area contributed by atoms with E-state index in [4.69, 9.17) is 47.8 Å². The molecule has 3 aromatic rings. The Balaban J connectivity index is 0.000000499. The number of carboxylic acids is 2. The fourth-order valence-electron chi connectivity index (χ4n) is 4.64. The summed E-state index contributed by atoms with van der Waals surface area (Å²) < 4.78 is 81.0. The molecule has 2 atom stereocenters. The zero-order chi connectivity index (χ0) is 49.5. The molecule has 0 radical (unpaired) electrons. The van der Waals surface area contributed by atoms with E-state index in [-0.39, 0.29) is 44.8 Å². The van der Waals surface area contributed by atoms with E-state index in [1.165, 1.54) is 12.1 Å². The molecule has 1 fully saturated rings. The standard InChI is InChI=1S/C17H11Cl2F3O5.C14H13NO7S.C3H8NO5P.C3H9S/c1-8(15(23)24)26-16(25)11-7-10(3-4-12(11)18)27-14-5-2-9(6-13(14)19)17(20,21)22;1-23(21,22)8-5-6-9(10(7-8)15(19)20)14(18)13-11(16)3-2-4-12(13)17;5-3(6)1-4-2-10(7,8)9;1-4(2)3/h2-8H,1H3,(H,23,24);5-7,13H,2-4H2,1H3;4H,1-2H2,(H,5,6)(H2,7,8,9);1-3H3/q;;;+1/p-1/t8-;;;/m0.../s1. The van der Waals surface area contributed by atoms with Gasteiger partial charge in [0.05, 0.1) is 68.2 Å². The van der Waals surface area contributed by atoms with E-state index in [1.807, 2.05) is 5.32 Å². The first-order valence-corrected chi connectivity index (χ1v) is 24.4. The van der Waals surface area contributed by atoms with Crippen LogP contribution in [0.3, 0.4) is 0 Å². The maximum Gasteiger partial charge on any atom is 0.416 e. The molecule has 0 amide bonds. The van der Waals surface area contributed by atoms with Gasteiger partial charge in [-0.1, -0.05) is 23.2 Å². The lowest BCUT2D eigenvalue weighted by Gasteiger charge is -2.18. The number of aliphatic carboxylic acids is 2. The van der Waals surface area contributed by atoms with Crippen LogP contribution in [0.25, 0.3) is 0 Å². The minimum absolute atomic E-state index is 0.0246. The number of sulfone groups is 1. The number of nitro benzene ring substituents is 1. The van der Waals surface area contributed by atoms with Crippen LogP contribution in [0.1, 0.15) is 52.5 Å². The summed E-state index contributed by atoms with van der Waals surface area (Å²) in [4.78, 5) is 96.5. The molecule has 1 saturated carbocycles. The number of esters is 1. The number of ketones is 3. The summed E-state index contributed by atoms with van der Waals surface area (Å²) in [6.45, 7) is 0.684. The predicted octanol–water partition coefficient (Wildman–Crippen LogP) is 5.21. The van der Waals surface area contributed by atoms with E-state index in [0.29, 0.717) is 23.4 Å². The van der Waals surface area contributed by atoms with Gasteiger partial charge in [0.1, 0.15) is 25.0 Å². The number of carbonyl (C=O) groups excluding carboxylic acids is 4. The van der Waals surface area contributed by atoms with Crippen molar-refractivity contribution in [1.82, 2.24) is 5.32 Å². The van der Waals surface area contributed by atoms with Crippen molar-refractivity contribution in [2.45, 2.75) is 43.4 Å². The van der Waals surface area contributed by atoms with Gasteiger partial charge in [-0.3, -0.25) is 34.6 Å². The van der Waals surface area contributed by atoms with E-state index >= 15 is 0 Å². The van der Waals surface area contributed by atoms with Crippen molar-refractivity contribution in [2.75, 3.05) is 37.9 Å². The Hall–Kier alpha value is -4.94. The lowest BCUT2D eigenvalue weighted by Crippen LogP contribution is -2.35. The lowest BCUT2D eigenvalue weighted by molar-refractivity contribution is -0.385. The van der Waals surface area contributed by atoms with Gasteiger partial charge in [-0.2, -0.15) is 13.2 Å². The number of Topliss-reactive ketones (excluding diaryl/α,β-unsaturated/α-hetero) is 3. The Morgan fingerprint density at radius 1 is 0.969 bits per heavy atom. The van der Waals surface area contributed by atoms with Gasteiger partial charge in [0.25, 0.3) is 5.69 Å². The third-order valence-electron chi connectivity index (χ3n) is 7.48. The SMILES string of the molecule is CS(=O)(=O)c1ccc(C(=O)C2C(=O)CCCC2=O)c([N+](=O)[O-])c1.C[C@H](OC(=O)c1cc(Oc2ccc(C(F)(F)F)cc2Cl)ccc1Cl)C(=O)O.C[S+](C)C.O=C(O)CNCP(=O)([O-])O. The first kappa shape index (κ1) is 57.1. The van der Waals surface area contributed by atoms with Gasteiger partial charge in [0.15, 0.2) is 33.3 Å². The van der Waals surface area contributed by atoms with Crippen molar-refractivity contribution in [3.05, 3.63) is 91.4 Å². The molecule has 4 rings (SSSR count). The molecule has 0 saturated heterocycles. The molecule has 0 bridgehead atoms. The molecule has 4 N–H and O–H groups in total. The minimum Gasteiger partial charge on any atom is -0.778 e. The first-order chi connectivity index (χ1) is 29.3. The minimum atomic E-state index is -4.56. The fraction of sp³-hybridized carbons (Fsp3) is 0.351. The van der Waals surface area contributed by atoms with Crippen molar-refractivity contribution in [2.24, 2.45) is 5.92 Å². The number of benzene rings is 3. The van der Waals surface area contributed by atoms with Crippen LogP contribution in [0.4, 0.5) is 18.9 Å². The van der Waals surface area contributed by atoms with Crippen LogP contribution in [-0.2, 0) is 55.4 Å². The number of nitro groups is 1. The quantitative estimate of drug-likeness (QED) is 0.0325. The molecule has 0 spiro atoms. The van der Waals surface area contributed by atoms with Crippen LogP contribution in [-0.4, -0.2) is 108 Å². The number of ether oxygens (including phenoxy) is 2. The molecule has 0 aliphatic heterocycles. The number of nitrogens with one attached hydrogen (secondary N) is 1. The van der Waals surface area contributed by atoms with E-state index in [0.717, 1.165) is 49.6 Å². The van der Waals surface area contributed by atoms with Crippen molar-refractivity contribution in [1.29, 1.82) is 0 Å². The molecule has 27 heteroatoms. The maximum atomic E-state index is 12.7. The fourth-order valence-corrected chi connectivity index (χ4v) is 6.09. The number of nitrogens with zero attached hydrogens (tertiary/aromatic N) is 1. The molecule has 19 nitrogen and oxygen atoms in total. The Morgan fingerprint density at radius 3 is 1.98 bits per heavy atom. The van der Waals surface area contributed by atoms with Gasteiger partial charge in [0.2, 0.25) is 0 Å². The van der Waals surface area contributed by atoms with Crippen molar-refractivity contribution >= 4 is 92.5 Å². The van der Waals surface area contributed by atoms with Crippen molar-refractivity contribution < 1.29 is 89.3 Å². The second-order valence-corrected chi connectivity index (χ2v) is 20.3. The van der Waals surface area contributed by atoms with Crippen LogP contribution in [0.15, 0.2) is 59.5 Å². The predicted molar refractivity (Wildman–Crippen MR) is 224 cm³/mol. The molecule has 0 aromatic heterocycles. The monoisotopic (exact) mass is 1010 g/mol. The van der Waals surface area contributed by atoms with Gasteiger partial charge < -0.3 is 34.0 Å². The zero-order valence-electron chi connectivity index (χ0n) is 34.0. The van der Waals surface area contributed by atoms with Crippen molar-refractivity contribution in [3.63, 3.8) is 0 Å². The largest absolute Gasteiger partial charge is 0.778 e. The van der Waals surface area contributed by atoms with Crippen LogP contribution < -0.4 is 14.9 Å². The van der Waals surface area contributed by atoms with Crippen molar-refractivity contribution in [3.8, 4) is 11.5 Å². The smallest absolute Gasteiger partial charge is 0.416 e. The van der Waals surface area contributed by atoms with E-state index in [2.05, 4.69) is 18.8 Å². The highest BCUT2D eigenvalue weighted by Crippen LogP contribution is 2.37. The molecule has 1 aliphatic carbocycles. The van der Waals surface area contributed by atoms with Crippen LogP contribution in [0.2, 0.25) is 10.0 Å². The second kappa shape index (κ2) is 24.9. The zero-order valence-corrected chi connectivity index (χ0v) is 38.1. The molecule has 64 heavy (non-hydrogen) atoms. The number of carbonyl (C=O) groups is 6. The number of halogens is 5. The highest BCUT2D eigenvalue weighted by molar-refractivity contribution is 7.94. The van der Waals surface area contributed by atoms with E-state index < -0.39 is 105 Å². The average molecular weight is 1010 g/mol. The Morgan fingerprint density at radius 2 is 1.53 bits per heavy atom. The summed E-state index contributed by atoms with van der Waals surface area (Å²) in [5.41, 5.74) is -2.28. The van der Waals surface area contributed by atoms with Gasteiger partial charge in [-0.15, -0.1) is 0 Å². The first-order valence-electron chi connectivity index (χ1n) is 17.6. The summed E-state index contributed by atoms with van der Waals surface area (Å²) in [5.74, 6) is -7.17. The summed E-state index contributed by atoms with van der Waals surface area (Å²) in [5, 5.41) is 29.6. The summed E-state index contributed by atoms with van der Waals surface area (Å²) in [6.07, 6.45) is 1.29. The molecule has 352 valence electrons. The van der Waals surface area contributed by atoms with Crippen LogP contribution in [0, 0.1) is 16.0 Å². The normalized spacial score (nSPS) is 14.2. The number of hydrogen-bond acceptors (Lipinski definition) is 15. The van der Waals surface area contributed by atoms with Gasteiger partial charge in [0, 0.05) is 25.2 Å². The number of hydrogen-bond donors (Lipinski definition) is 4. The lowest BCUT2D eigenvalue weighted by atomic mass is 9.81. The van der Waals surface area contributed by atoms with Gasteiger partial charge in [-0.05, 0) is 72.8 Å². The van der Waals surface area contributed by atoms with Gasteiger partial charge >= 0.3 is 24.1 Å². The highest BCUT2D eigenvalue weighted by atomic mass is 35.5. The summed E-state index contributed by atoms with van der Waals surface area (Å²) in [6, 6.07) is 9.12. The van der Waals surface area contributed by atoms with Crippen LogP contribution >= 0.6 is 30.8 Å². The summed E-state index contributed by atoms with van der Waals surface area (Å²) >= 11 is 11.7. The van der Waals surface area contributed by atoms with E-state index in [9.17, 15) is 69.9 Å². The maximum absolute atomic E-state index is 12.7. The number of alkyl halides is 3. The Labute approximate surface area is 375 Å². The Bertz CT molecular complexity index is 2380. The number of rotatable bonds is 13. The topological polar surface area (TPSA) is 311 Å². The number of carboxylic acid groups (broad SMARTS) is 2. The molecule has 1 unspecified atom stereocenters. The average Bonchev–Trinajstić information content (AvgIpc) is 3.14. The molecular formula is C37H40Cl2F3N2O17PS2. The highest BCUT2D eigenvalue weighted by Gasteiger charge is 2.39. The third-order valence-corrected chi connectivity index (χ3v) is 9.83. The molecule has 3 aromatic carbocycles. The third kappa shape index (κ3) is 19.8. The summed E-state index contributed by atoms with van der Waals surface area (Å²) in [7, 11) is -7.40. The molecular weight excluding hydrogens is 967 g/mol. The Kier molecular flexibility index (Phi) is 22.2. The molecule has 0 heterocycles. The van der Waals surface area contributed by atoms with Gasteiger partial charge in [-0.25, -0.2) is 18.0 Å². The molecule has 1 aliphatic rings. The van der Waals surface area contributed by atoms with E-state index in [1.54, 1.807) is 0 Å². The second-order valence-electron chi connectivity index (χ2n) is 13.4. The van der Waals surface area contributed by atoms with Crippen LogP contribution in [0.5, 0.6) is 11.5 Å².